The zero-order valence-corrected chi connectivity index (χ0v) is 9.61. The van der Waals surface area contributed by atoms with Crippen molar-refractivity contribution in [2.24, 2.45) is 5.92 Å². The Bertz CT molecular complexity index is 339. The largest absolute Gasteiger partial charge is 0.508 e. The number of aromatic hydroxyl groups is 1. The van der Waals surface area contributed by atoms with Gasteiger partial charge in [0.15, 0.2) is 0 Å². The predicted octanol–water partition coefficient (Wildman–Crippen LogP) is 1.60. The maximum absolute atomic E-state index is 10.6. The Morgan fingerprint density at radius 3 is 2.56 bits per heavy atom. The molecule has 0 radical (unpaired) electrons. The van der Waals surface area contributed by atoms with Crippen LogP contribution in [0.3, 0.4) is 0 Å². The molecule has 3 heteroatoms. The van der Waals surface area contributed by atoms with Crippen LogP contribution in [0, 0.1) is 5.92 Å². The molecule has 1 heterocycles. The molecule has 0 spiro atoms. The van der Waals surface area contributed by atoms with E-state index >= 15 is 0 Å². The normalized spacial score (nSPS) is 25.0. The lowest BCUT2D eigenvalue weighted by Crippen LogP contribution is -2.42. The van der Waals surface area contributed by atoms with E-state index in [0.29, 0.717) is 0 Å². The summed E-state index contributed by atoms with van der Waals surface area (Å²) < 4.78 is 0. The maximum Gasteiger partial charge on any atom is 0.115 e. The molecule has 1 aliphatic rings. The number of piperidine rings is 1. The standard InChI is InChI=1S/C13H19NO2/c1-13(16,11-3-2-8-14-9-11)10-4-6-12(15)7-5-10/h4-7,11,14-16H,2-3,8-9H2,1H3. The van der Waals surface area contributed by atoms with Gasteiger partial charge in [-0.1, -0.05) is 12.1 Å². The van der Waals surface area contributed by atoms with E-state index in [4.69, 9.17) is 0 Å². The predicted molar refractivity (Wildman–Crippen MR) is 63.3 cm³/mol. The summed E-state index contributed by atoms with van der Waals surface area (Å²) in [7, 11) is 0. The number of nitrogens with one attached hydrogen (secondary N) is 1. The summed E-state index contributed by atoms with van der Waals surface area (Å²) in [6.07, 6.45) is 2.15. The van der Waals surface area contributed by atoms with Gasteiger partial charge < -0.3 is 15.5 Å². The average molecular weight is 221 g/mol. The van der Waals surface area contributed by atoms with Crippen LogP contribution in [0.2, 0.25) is 0 Å². The van der Waals surface area contributed by atoms with E-state index in [2.05, 4.69) is 5.32 Å². The van der Waals surface area contributed by atoms with Crippen molar-refractivity contribution in [2.75, 3.05) is 13.1 Å². The molecule has 0 saturated carbocycles. The van der Waals surface area contributed by atoms with Crippen molar-refractivity contribution in [2.45, 2.75) is 25.4 Å². The summed E-state index contributed by atoms with van der Waals surface area (Å²) >= 11 is 0. The fourth-order valence-electron chi connectivity index (χ4n) is 2.37. The first-order valence-electron chi connectivity index (χ1n) is 5.83. The van der Waals surface area contributed by atoms with E-state index in [1.807, 2.05) is 6.92 Å². The van der Waals surface area contributed by atoms with Gasteiger partial charge in [-0.15, -0.1) is 0 Å². The Hall–Kier alpha value is -1.06. The number of benzene rings is 1. The third kappa shape index (κ3) is 2.20. The van der Waals surface area contributed by atoms with Gasteiger partial charge in [0, 0.05) is 12.5 Å². The van der Waals surface area contributed by atoms with Crippen LogP contribution in [-0.2, 0) is 5.60 Å². The minimum atomic E-state index is -0.818. The lowest BCUT2D eigenvalue weighted by Gasteiger charge is -2.36. The highest BCUT2D eigenvalue weighted by Gasteiger charge is 2.34. The Labute approximate surface area is 96.1 Å². The zero-order chi connectivity index (χ0) is 11.6. The van der Waals surface area contributed by atoms with E-state index in [9.17, 15) is 10.2 Å². The number of aliphatic hydroxyl groups is 1. The number of phenolic OH excluding ortho intramolecular Hbond substituents is 1. The van der Waals surface area contributed by atoms with Crippen molar-refractivity contribution in [1.82, 2.24) is 5.32 Å². The van der Waals surface area contributed by atoms with E-state index in [-0.39, 0.29) is 11.7 Å². The average Bonchev–Trinajstić information content (AvgIpc) is 2.31. The van der Waals surface area contributed by atoms with Gasteiger partial charge in [0.25, 0.3) is 0 Å². The van der Waals surface area contributed by atoms with Gasteiger partial charge >= 0.3 is 0 Å². The summed E-state index contributed by atoms with van der Waals surface area (Å²) in [4.78, 5) is 0. The summed E-state index contributed by atoms with van der Waals surface area (Å²) in [6.45, 7) is 3.76. The Morgan fingerprint density at radius 1 is 1.31 bits per heavy atom. The molecule has 2 unspecified atom stereocenters. The number of hydrogen-bond donors (Lipinski definition) is 3. The molecule has 1 aromatic carbocycles. The van der Waals surface area contributed by atoms with Crippen molar-refractivity contribution >= 4 is 0 Å². The topological polar surface area (TPSA) is 52.5 Å². The smallest absolute Gasteiger partial charge is 0.115 e. The van der Waals surface area contributed by atoms with E-state index in [1.54, 1.807) is 24.3 Å². The van der Waals surface area contributed by atoms with Gasteiger partial charge in [0.2, 0.25) is 0 Å². The molecule has 3 N–H and O–H groups in total. The highest BCUT2D eigenvalue weighted by Crippen LogP contribution is 2.33. The maximum atomic E-state index is 10.6. The van der Waals surface area contributed by atoms with Crippen LogP contribution in [-0.4, -0.2) is 23.3 Å². The lowest BCUT2D eigenvalue weighted by molar-refractivity contribution is -0.0156. The number of hydrogen-bond acceptors (Lipinski definition) is 3. The van der Waals surface area contributed by atoms with Crippen LogP contribution < -0.4 is 5.32 Å². The van der Waals surface area contributed by atoms with Crippen LogP contribution in [0.5, 0.6) is 5.75 Å². The van der Waals surface area contributed by atoms with Gasteiger partial charge in [0.05, 0.1) is 5.60 Å². The molecule has 1 aromatic rings. The van der Waals surface area contributed by atoms with Gasteiger partial charge in [0.1, 0.15) is 5.75 Å². The summed E-state index contributed by atoms with van der Waals surface area (Å²) in [5, 5.41) is 23.1. The van der Waals surface area contributed by atoms with Gasteiger partial charge in [-0.25, -0.2) is 0 Å². The fourth-order valence-corrected chi connectivity index (χ4v) is 2.37. The van der Waals surface area contributed by atoms with Crippen molar-refractivity contribution in [3.8, 4) is 5.75 Å². The molecule has 1 aliphatic heterocycles. The van der Waals surface area contributed by atoms with Crippen molar-refractivity contribution in [3.05, 3.63) is 29.8 Å². The van der Waals surface area contributed by atoms with E-state index < -0.39 is 5.60 Å². The minimum absolute atomic E-state index is 0.237. The van der Waals surface area contributed by atoms with E-state index in [1.165, 1.54) is 0 Å². The Kier molecular flexibility index (Phi) is 3.17. The molecular formula is C13H19NO2. The third-order valence-electron chi connectivity index (χ3n) is 3.54. The molecule has 2 rings (SSSR count). The Morgan fingerprint density at radius 2 is 2.00 bits per heavy atom. The number of phenols is 1. The molecule has 1 fully saturated rings. The molecule has 2 atom stereocenters. The molecule has 0 aromatic heterocycles. The molecule has 0 aliphatic carbocycles. The van der Waals surface area contributed by atoms with Crippen molar-refractivity contribution in [1.29, 1.82) is 0 Å². The lowest BCUT2D eigenvalue weighted by atomic mass is 9.79. The summed E-state index contributed by atoms with van der Waals surface area (Å²) in [6, 6.07) is 6.84. The van der Waals surface area contributed by atoms with Gasteiger partial charge in [-0.2, -0.15) is 0 Å². The first kappa shape index (κ1) is 11.4. The zero-order valence-electron chi connectivity index (χ0n) is 9.61. The van der Waals surface area contributed by atoms with Crippen molar-refractivity contribution in [3.63, 3.8) is 0 Å². The van der Waals surface area contributed by atoms with E-state index in [0.717, 1.165) is 31.5 Å². The third-order valence-corrected chi connectivity index (χ3v) is 3.54. The molecule has 1 saturated heterocycles. The molecule has 16 heavy (non-hydrogen) atoms. The first-order chi connectivity index (χ1) is 7.60. The SMILES string of the molecule is CC(O)(c1ccc(O)cc1)C1CCCNC1. The molecule has 88 valence electrons. The summed E-state index contributed by atoms with van der Waals surface area (Å²) in [5.74, 6) is 0.479. The Balaban J connectivity index is 2.19. The van der Waals surface area contributed by atoms with Crippen LogP contribution in [0.25, 0.3) is 0 Å². The molecule has 0 amide bonds. The quantitative estimate of drug-likeness (QED) is 0.711. The van der Waals surface area contributed by atoms with Crippen LogP contribution in [0.4, 0.5) is 0 Å². The van der Waals surface area contributed by atoms with Crippen LogP contribution in [0.1, 0.15) is 25.3 Å². The van der Waals surface area contributed by atoms with Gasteiger partial charge in [-0.05, 0) is 44.0 Å². The van der Waals surface area contributed by atoms with Crippen molar-refractivity contribution < 1.29 is 10.2 Å². The second-order valence-corrected chi connectivity index (χ2v) is 4.74. The van der Waals surface area contributed by atoms with Crippen LogP contribution >= 0.6 is 0 Å². The second-order valence-electron chi connectivity index (χ2n) is 4.74. The van der Waals surface area contributed by atoms with Gasteiger partial charge in [-0.3, -0.25) is 0 Å². The number of rotatable bonds is 2. The molecule has 3 nitrogen and oxygen atoms in total. The fraction of sp³-hybridized carbons (Fsp3) is 0.538. The molecular weight excluding hydrogens is 202 g/mol. The minimum Gasteiger partial charge on any atom is -0.508 e. The van der Waals surface area contributed by atoms with Crippen LogP contribution in [0.15, 0.2) is 24.3 Å². The monoisotopic (exact) mass is 221 g/mol. The highest BCUT2D eigenvalue weighted by atomic mass is 16.3. The highest BCUT2D eigenvalue weighted by molar-refractivity contribution is 5.30. The molecule has 0 bridgehead atoms. The first-order valence-corrected chi connectivity index (χ1v) is 5.83. The second kappa shape index (κ2) is 4.44. The summed E-state index contributed by atoms with van der Waals surface area (Å²) in [5.41, 5.74) is 0.0557.